The minimum atomic E-state index is 0.261. The van der Waals surface area contributed by atoms with Crippen LogP contribution in [0.3, 0.4) is 0 Å². The molecule has 1 unspecified atom stereocenters. The Hall–Kier alpha value is -1.60. The second kappa shape index (κ2) is 6.91. The second-order valence-electron chi connectivity index (χ2n) is 6.35. The lowest BCUT2D eigenvalue weighted by molar-refractivity contribution is 0.642. The Morgan fingerprint density at radius 2 is 1.71 bits per heavy atom. The molecule has 0 amide bonds. The maximum absolute atomic E-state index is 3.48. The van der Waals surface area contributed by atoms with E-state index in [0.717, 1.165) is 6.42 Å². The van der Waals surface area contributed by atoms with Crippen LogP contribution in [0.2, 0.25) is 0 Å². The van der Waals surface area contributed by atoms with Gasteiger partial charge in [0.2, 0.25) is 0 Å². The molecule has 21 heavy (non-hydrogen) atoms. The van der Waals surface area contributed by atoms with E-state index in [0.29, 0.717) is 5.92 Å². The van der Waals surface area contributed by atoms with E-state index in [-0.39, 0.29) is 6.04 Å². The highest BCUT2D eigenvalue weighted by Crippen LogP contribution is 2.27. The summed E-state index contributed by atoms with van der Waals surface area (Å²) in [4.78, 5) is 0. The third kappa shape index (κ3) is 3.74. The maximum atomic E-state index is 3.48. The highest BCUT2D eigenvalue weighted by molar-refractivity contribution is 5.41. The fraction of sp³-hybridized carbons (Fsp3) is 0.400. The van der Waals surface area contributed by atoms with Crippen LogP contribution in [0.5, 0.6) is 0 Å². The average molecular weight is 281 g/mol. The van der Waals surface area contributed by atoms with Crippen LogP contribution in [0.4, 0.5) is 0 Å². The summed E-state index contributed by atoms with van der Waals surface area (Å²) in [7, 11) is 2.04. The summed E-state index contributed by atoms with van der Waals surface area (Å²) < 4.78 is 0. The van der Waals surface area contributed by atoms with Gasteiger partial charge in [0.25, 0.3) is 0 Å². The average Bonchev–Trinajstić information content (AvgIpc) is 2.44. The second-order valence-corrected chi connectivity index (χ2v) is 6.35. The molecule has 0 saturated heterocycles. The van der Waals surface area contributed by atoms with Crippen molar-refractivity contribution < 1.29 is 0 Å². The van der Waals surface area contributed by atoms with Gasteiger partial charge in [0.1, 0.15) is 0 Å². The topological polar surface area (TPSA) is 12.0 Å². The van der Waals surface area contributed by atoms with Crippen molar-refractivity contribution in [2.24, 2.45) is 5.92 Å². The monoisotopic (exact) mass is 281 g/mol. The minimum absolute atomic E-state index is 0.261. The van der Waals surface area contributed by atoms with Gasteiger partial charge in [-0.1, -0.05) is 56.3 Å². The first kappa shape index (κ1) is 15.8. The van der Waals surface area contributed by atoms with E-state index in [9.17, 15) is 0 Å². The van der Waals surface area contributed by atoms with Gasteiger partial charge < -0.3 is 5.32 Å². The number of benzene rings is 2. The normalized spacial score (nSPS) is 12.7. The van der Waals surface area contributed by atoms with Crippen molar-refractivity contribution in [1.82, 2.24) is 5.32 Å². The lowest BCUT2D eigenvalue weighted by atomic mass is 9.91. The molecule has 0 fully saturated rings. The molecule has 112 valence electrons. The first-order valence-corrected chi connectivity index (χ1v) is 7.85. The van der Waals surface area contributed by atoms with Crippen LogP contribution >= 0.6 is 0 Å². The molecule has 0 saturated carbocycles. The summed E-state index contributed by atoms with van der Waals surface area (Å²) in [6, 6.07) is 15.8. The zero-order chi connectivity index (χ0) is 15.4. The Kier molecular flexibility index (Phi) is 5.19. The first-order chi connectivity index (χ1) is 10.0. The van der Waals surface area contributed by atoms with Crippen molar-refractivity contribution >= 4 is 0 Å². The lowest BCUT2D eigenvalue weighted by Gasteiger charge is -2.21. The van der Waals surface area contributed by atoms with Gasteiger partial charge in [0.15, 0.2) is 0 Å². The summed E-state index contributed by atoms with van der Waals surface area (Å²) in [6.45, 7) is 8.94. The lowest BCUT2D eigenvalue weighted by Crippen LogP contribution is -2.19. The molecule has 0 aliphatic rings. The summed E-state index contributed by atoms with van der Waals surface area (Å²) in [5, 5.41) is 3.48. The predicted molar refractivity (Wildman–Crippen MR) is 91.8 cm³/mol. The van der Waals surface area contributed by atoms with Crippen LogP contribution in [0, 0.1) is 19.8 Å². The summed E-state index contributed by atoms with van der Waals surface area (Å²) in [5.74, 6) is 0.689. The highest BCUT2D eigenvalue weighted by Gasteiger charge is 2.15. The molecule has 0 spiro atoms. The number of nitrogens with one attached hydrogen (secondary N) is 1. The Morgan fingerprint density at radius 1 is 1.00 bits per heavy atom. The molecule has 2 aromatic rings. The van der Waals surface area contributed by atoms with E-state index >= 15 is 0 Å². The van der Waals surface area contributed by atoms with E-state index in [4.69, 9.17) is 0 Å². The van der Waals surface area contributed by atoms with E-state index < -0.39 is 0 Å². The Bertz CT molecular complexity index is 599. The Morgan fingerprint density at radius 3 is 2.38 bits per heavy atom. The van der Waals surface area contributed by atoms with Gasteiger partial charge in [-0.25, -0.2) is 0 Å². The molecule has 0 aliphatic heterocycles. The van der Waals surface area contributed by atoms with Gasteiger partial charge in [0, 0.05) is 0 Å². The molecule has 1 atom stereocenters. The SMILES string of the molecule is CNC(c1cccc(CC(C)C)c1)c1cccc(C)c1C. The molecule has 0 radical (unpaired) electrons. The van der Waals surface area contributed by atoms with Crippen LogP contribution in [-0.2, 0) is 6.42 Å². The van der Waals surface area contributed by atoms with Crippen molar-refractivity contribution in [2.45, 2.75) is 40.2 Å². The van der Waals surface area contributed by atoms with E-state index in [2.05, 4.69) is 75.5 Å². The molecule has 1 nitrogen and oxygen atoms in total. The van der Waals surface area contributed by atoms with E-state index in [1.54, 1.807) is 0 Å². The maximum Gasteiger partial charge on any atom is 0.0577 e. The van der Waals surface area contributed by atoms with Crippen LogP contribution < -0.4 is 5.32 Å². The predicted octanol–water partition coefficient (Wildman–Crippen LogP) is 4.81. The number of hydrogen-bond acceptors (Lipinski definition) is 1. The summed E-state index contributed by atoms with van der Waals surface area (Å²) >= 11 is 0. The third-order valence-corrected chi connectivity index (χ3v) is 4.17. The fourth-order valence-electron chi connectivity index (χ4n) is 2.96. The molecule has 1 N–H and O–H groups in total. The Balaban J connectivity index is 2.39. The zero-order valence-corrected chi connectivity index (χ0v) is 13.9. The van der Waals surface area contributed by atoms with Gasteiger partial charge in [-0.15, -0.1) is 0 Å². The van der Waals surface area contributed by atoms with E-state index in [1.165, 1.54) is 27.8 Å². The summed E-state index contributed by atoms with van der Waals surface area (Å²) in [6.07, 6.45) is 1.14. The van der Waals surface area contributed by atoms with E-state index in [1.807, 2.05) is 7.05 Å². The summed E-state index contributed by atoms with van der Waals surface area (Å²) in [5.41, 5.74) is 6.88. The molecule has 0 bridgehead atoms. The van der Waals surface area contributed by atoms with Gasteiger partial charge in [-0.3, -0.25) is 0 Å². The van der Waals surface area contributed by atoms with Crippen LogP contribution in [0.15, 0.2) is 42.5 Å². The van der Waals surface area contributed by atoms with Crippen molar-refractivity contribution in [3.8, 4) is 0 Å². The molecule has 0 heterocycles. The molecular weight excluding hydrogens is 254 g/mol. The largest absolute Gasteiger partial charge is 0.309 e. The molecule has 1 heteroatoms. The van der Waals surface area contributed by atoms with Crippen molar-refractivity contribution in [3.05, 3.63) is 70.3 Å². The standard InChI is InChI=1S/C20H27N/c1-14(2)12-17-9-7-10-18(13-17)20(21-5)19-11-6-8-15(3)16(19)4/h6-11,13-14,20-21H,12H2,1-5H3. The minimum Gasteiger partial charge on any atom is -0.309 e. The molecule has 2 aromatic carbocycles. The van der Waals surface area contributed by atoms with Crippen LogP contribution in [-0.4, -0.2) is 7.05 Å². The van der Waals surface area contributed by atoms with Crippen LogP contribution in [0.25, 0.3) is 0 Å². The van der Waals surface area contributed by atoms with Crippen molar-refractivity contribution in [2.75, 3.05) is 7.05 Å². The van der Waals surface area contributed by atoms with Gasteiger partial charge in [-0.2, -0.15) is 0 Å². The van der Waals surface area contributed by atoms with Gasteiger partial charge in [-0.05, 0) is 61.1 Å². The fourth-order valence-corrected chi connectivity index (χ4v) is 2.96. The number of hydrogen-bond donors (Lipinski definition) is 1. The number of aryl methyl sites for hydroxylation is 1. The van der Waals surface area contributed by atoms with Crippen molar-refractivity contribution in [1.29, 1.82) is 0 Å². The van der Waals surface area contributed by atoms with Gasteiger partial charge >= 0.3 is 0 Å². The number of rotatable bonds is 5. The van der Waals surface area contributed by atoms with Crippen LogP contribution in [0.1, 0.15) is 47.7 Å². The van der Waals surface area contributed by atoms with Crippen molar-refractivity contribution in [3.63, 3.8) is 0 Å². The first-order valence-electron chi connectivity index (χ1n) is 7.85. The molecular formula is C20H27N. The van der Waals surface area contributed by atoms with Gasteiger partial charge in [0.05, 0.1) is 6.04 Å². The molecule has 2 rings (SSSR count). The molecule has 0 aromatic heterocycles. The quantitative estimate of drug-likeness (QED) is 0.829. The smallest absolute Gasteiger partial charge is 0.0577 e. The third-order valence-electron chi connectivity index (χ3n) is 4.17. The Labute approximate surface area is 129 Å². The zero-order valence-electron chi connectivity index (χ0n) is 13.9. The molecule has 0 aliphatic carbocycles. The highest BCUT2D eigenvalue weighted by atomic mass is 14.9.